The van der Waals surface area contributed by atoms with E-state index in [2.05, 4.69) is 34.4 Å². The van der Waals surface area contributed by atoms with Gasteiger partial charge >= 0.3 is 0 Å². The summed E-state index contributed by atoms with van der Waals surface area (Å²) in [6.45, 7) is 6.43. The minimum absolute atomic E-state index is 0.0918. The summed E-state index contributed by atoms with van der Waals surface area (Å²) in [5, 5.41) is 0. The summed E-state index contributed by atoms with van der Waals surface area (Å²) >= 11 is 2.23. The molecule has 0 bridgehead atoms. The number of amides is 2. The van der Waals surface area contributed by atoms with Gasteiger partial charge in [-0.3, -0.25) is 14.5 Å². The van der Waals surface area contributed by atoms with E-state index in [0.29, 0.717) is 25.7 Å². The zero-order valence-electron chi connectivity index (χ0n) is 14.8. The molecule has 0 unspecified atom stereocenters. The summed E-state index contributed by atoms with van der Waals surface area (Å²) < 4.78 is 1.07. The molecule has 0 N–H and O–H groups in total. The summed E-state index contributed by atoms with van der Waals surface area (Å²) in [6.07, 6.45) is 3.46. The number of halogens is 1. The Hall–Kier alpha value is -1.15. The fourth-order valence-electron chi connectivity index (χ4n) is 3.66. The van der Waals surface area contributed by atoms with Gasteiger partial charge in [0.05, 0.1) is 6.54 Å². The lowest BCUT2D eigenvalue weighted by Crippen LogP contribution is -2.53. The SMILES string of the molecule is C[C@H]1CCCCN1C(=O)CN1CCN(C(=O)c2cccc(I)c2)CC1. The number of carbonyl (C=O) groups excluding carboxylic acids is 2. The fourth-order valence-corrected chi connectivity index (χ4v) is 4.21. The number of hydrogen-bond donors (Lipinski definition) is 0. The molecule has 2 amide bonds. The summed E-state index contributed by atoms with van der Waals surface area (Å²) in [6, 6.07) is 8.07. The van der Waals surface area contributed by atoms with E-state index in [-0.39, 0.29) is 11.8 Å². The molecule has 5 nitrogen and oxygen atoms in total. The lowest BCUT2D eigenvalue weighted by atomic mass is 10.0. The van der Waals surface area contributed by atoms with E-state index >= 15 is 0 Å². The maximum atomic E-state index is 12.6. The van der Waals surface area contributed by atoms with Crippen LogP contribution in [-0.2, 0) is 4.79 Å². The highest BCUT2D eigenvalue weighted by Crippen LogP contribution is 2.17. The van der Waals surface area contributed by atoms with Crippen LogP contribution in [0.25, 0.3) is 0 Å². The van der Waals surface area contributed by atoms with Crippen LogP contribution in [-0.4, -0.2) is 71.8 Å². The van der Waals surface area contributed by atoms with Gasteiger partial charge in [0.15, 0.2) is 0 Å². The molecule has 2 aliphatic heterocycles. The first kappa shape index (κ1) is 18.6. The van der Waals surface area contributed by atoms with Crippen LogP contribution in [0.5, 0.6) is 0 Å². The normalized spacial score (nSPS) is 22.1. The Kier molecular flexibility index (Phi) is 6.33. The quantitative estimate of drug-likeness (QED) is 0.658. The van der Waals surface area contributed by atoms with Crippen molar-refractivity contribution < 1.29 is 9.59 Å². The first-order valence-electron chi connectivity index (χ1n) is 9.11. The Morgan fingerprint density at radius 3 is 2.56 bits per heavy atom. The molecule has 6 heteroatoms. The number of likely N-dealkylation sites (tertiary alicyclic amines) is 1. The van der Waals surface area contributed by atoms with Gasteiger partial charge < -0.3 is 9.80 Å². The first-order valence-corrected chi connectivity index (χ1v) is 10.2. The number of piperidine rings is 1. The summed E-state index contributed by atoms with van der Waals surface area (Å²) in [5.74, 6) is 0.332. The predicted molar refractivity (Wildman–Crippen MR) is 107 cm³/mol. The molecule has 1 aromatic carbocycles. The van der Waals surface area contributed by atoms with Crippen molar-refractivity contribution in [2.45, 2.75) is 32.2 Å². The topological polar surface area (TPSA) is 43.9 Å². The molecule has 0 saturated carbocycles. The summed E-state index contributed by atoms with van der Waals surface area (Å²) in [7, 11) is 0. The van der Waals surface area contributed by atoms with E-state index in [9.17, 15) is 9.59 Å². The van der Waals surface area contributed by atoms with Gasteiger partial charge in [-0.05, 0) is 67.0 Å². The van der Waals surface area contributed by atoms with Gasteiger partial charge in [0.2, 0.25) is 5.91 Å². The standard InChI is InChI=1S/C19H26IN3O2/c1-15-5-2-3-8-23(15)18(24)14-21-9-11-22(12-10-21)19(25)16-6-4-7-17(20)13-16/h4,6-7,13,15H,2-3,5,8-12,14H2,1H3/t15-/m0/s1. The number of piperazine rings is 1. The molecular formula is C19H26IN3O2. The lowest BCUT2D eigenvalue weighted by Gasteiger charge is -2.38. The molecule has 2 aliphatic rings. The molecule has 0 radical (unpaired) electrons. The third kappa shape index (κ3) is 4.73. The third-order valence-corrected chi connectivity index (χ3v) is 5.88. The third-order valence-electron chi connectivity index (χ3n) is 5.21. The maximum Gasteiger partial charge on any atom is 0.253 e. The van der Waals surface area contributed by atoms with Crippen molar-refractivity contribution in [2.24, 2.45) is 0 Å². The second-order valence-electron chi connectivity index (χ2n) is 7.01. The highest BCUT2D eigenvalue weighted by molar-refractivity contribution is 14.1. The molecule has 1 atom stereocenters. The van der Waals surface area contributed by atoms with E-state index in [0.717, 1.165) is 41.6 Å². The van der Waals surface area contributed by atoms with E-state index in [1.807, 2.05) is 34.1 Å². The van der Waals surface area contributed by atoms with Gasteiger partial charge in [-0.1, -0.05) is 6.07 Å². The average Bonchev–Trinajstić information content (AvgIpc) is 2.62. The van der Waals surface area contributed by atoms with Crippen molar-refractivity contribution in [1.29, 1.82) is 0 Å². The molecule has 0 aliphatic carbocycles. The molecule has 25 heavy (non-hydrogen) atoms. The van der Waals surface area contributed by atoms with Crippen molar-refractivity contribution in [1.82, 2.24) is 14.7 Å². The molecule has 2 saturated heterocycles. The van der Waals surface area contributed by atoms with Crippen molar-refractivity contribution in [2.75, 3.05) is 39.3 Å². The number of rotatable bonds is 3. The minimum Gasteiger partial charge on any atom is -0.339 e. The second kappa shape index (κ2) is 8.49. The van der Waals surface area contributed by atoms with E-state index in [1.165, 1.54) is 6.42 Å². The lowest BCUT2D eigenvalue weighted by molar-refractivity contribution is -0.136. The summed E-state index contributed by atoms with van der Waals surface area (Å²) in [5.41, 5.74) is 0.749. The molecule has 2 fully saturated rings. The van der Waals surface area contributed by atoms with Gasteiger partial charge in [-0.15, -0.1) is 0 Å². The molecular weight excluding hydrogens is 429 g/mol. The van der Waals surface area contributed by atoms with Crippen LogP contribution in [0.3, 0.4) is 0 Å². The smallest absolute Gasteiger partial charge is 0.253 e. The van der Waals surface area contributed by atoms with Crippen LogP contribution in [0.4, 0.5) is 0 Å². The van der Waals surface area contributed by atoms with E-state index < -0.39 is 0 Å². The molecule has 136 valence electrons. The van der Waals surface area contributed by atoms with Crippen molar-refractivity contribution in [3.8, 4) is 0 Å². The van der Waals surface area contributed by atoms with Crippen LogP contribution in [0, 0.1) is 3.57 Å². The van der Waals surface area contributed by atoms with Crippen LogP contribution in [0.1, 0.15) is 36.5 Å². The molecule has 3 rings (SSSR count). The monoisotopic (exact) mass is 455 g/mol. The van der Waals surface area contributed by atoms with Crippen molar-refractivity contribution in [3.05, 3.63) is 33.4 Å². The molecule has 0 aromatic heterocycles. The number of nitrogens with zero attached hydrogens (tertiary/aromatic N) is 3. The Labute approximate surface area is 163 Å². The number of benzene rings is 1. The zero-order chi connectivity index (χ0) is 17.8. The number of hydrogen-bond acceptors (Lipinski definition) is 3. The Balaban J connectivity index is 1.50. The molecule has 2 heterocycles. The maximum absolute atomic E-state index is 12.6. The predicted octanol–water partition coefficient (Wildman–Crippen LogP) is 2.45. The van der Waals surface area contributed by atoms with E-state index in [1.54, 1.807) is 0 Å². The van der Waals surface area contributed by atoms with E-state index in [4.69, 9.17) is 0 Å². The average molecular weight is 455 g/mol. The number of carbonyl (C=O) groups is 2. The van der Waals surface area contributed by atoms with Crippen LogP contribution < -0.4 is 0 Å². The van der Waals surface area contributed by atoms with Crippen LogP contribution in [0.2, 0.25) is 0 Å². The highest BCUT2D eigenvalue weighted by atomic mass is 127. The molecule has 1 aromatic rings. The highest BCUT2D eigenvalue weighted by Gasteiger charge is 2.27. The van der Waals surface area contributed by atoms with Crippen LogP contribution in [0.15, 0.2) is 24.3 Å². The van der Waals surface area contributed by atoms with Gasteiger partial charge in [0.1, 0.15) is 0 Å². The Bertz CT molecular complexity index is 629. The summed E-state index contributed by atoms with van der Waals surface area (Å²) in [4.78, 5) is 31.3. The first-order chi connectivity index (χ1) is 12.0. The van der Waals surface area contributed by atoms with Gasteiger partial charge in [0, 0.05) is 47.9 Å². The van der Waals surface area contributed by atoms with Gasteiger partial charge in [-0.25, -0.2) is 0 Å². The fraction of sp³-hybridized carbons (Fsp3) is 0.579. The largest absolute Gasteiger partial charge is 0.339 e. The Morgan fingerprint density at radius 2 is 1.88 bits per heavy atom. The van der Waals surface area contributed by atoms with Gasteiger partial charge in [-0.2, -0.15) is 0 Å². The minimum atomic E-state index is 0.0918. The molecule has 0 spiro atoms. The Morgan fingerprint density at radius 1 is 1.12 bits per heavy atom. The van der Waals surface area contributed by atoms with Crippen LogP contribution >= 0.6 is 22.6 Å². The zero-order valence-corrected chi connectivity index (χ0v) is 16.9. The second-order valence-corrected chi connectivity index (χ2v) is 8.26. The van der Waals surface area contributed by atoms with Crippen molar-refractivity contribution in [3.63, 3.8) is 0 Å². The van der Waals surface area contributed by atoms with Crippen molar-refractivity contribution >= 4 is 34.4 Å². The van der Waals surface area contributed by atoms with Gasteiger partial charge in [0.25, 0.3) is 5.91 Å².